The lowest BCUT2D eigenvalue weighted by Crippen LogP contribution is -2.30. The predicted octanol–water partition coefficient (Wildman–Crippen LogP) is 4.89. The van der Waals surface area contributed by atoms with Crippen molar-refractivity contribution in [3.05, 3.63) is 71.8 Å². The zero-order valence-corrected chi connectivity index (χ0v) is 15.6. The second-order valence-corrected chi connectivity index (χ2v) is 6.59. The Morgan fingerprint density at radius 3 is 1.69 bits per heavy atom. The molecule has 0 aliphatic carbocycles. The van der Waals surface area contributed by atoms with Crippen LogP contribution in [0.5, 0.6) is 0 Å². The monoisotopic (exact) mass is 354 g/mol. The standard InChI is InChI=1S/C22H26O4/c1-4-19(25-21(23)17-11-7-5-8-12-17)15-20(16(2)3)26-22(24)18-13-9-6-10-14-18/h5-14,16,19-20H,4,15H2,1-3H3. The molecule has 2 unspecified atom stereocenters. The minimum absolute atomic E-state index is 0.118. The number of esters is 2. The van der Waals surface area contributed by atoms with E-state index in [-0.39, 0.29) is 30.1 Å². The summed E-state index contributed by atoms with van der Waals surface area (Å²) in [6.45, 7) is 5.95. The van der Waals surface area contributed by atoms with Crippen molar-refractivity contribution in [2.24, 2.45) is 5.92 Å². The lowest BCUT2D eigenvalue weighted by Gasteiger charge is -2.26. The summed E-state index contributed by atoms with van der Waals surface area (Å²) in [6, 6.07) is 17.8. The number of benzene rings is 2. The Morgan fingerprint density at radius 2 is 1.27 bits per heavy atom. The summed E-state index contributed by atoms with van der Waals surface area (Å²) in [5.41, 5.74) is 1.04. The van der Waals surface area contributed by atoms with Gasteiger partial charge in [-0.05, 0) is 36.6 Å². The molecular formula is C22H26O4. The molecule has 2 atom stereocenters. The van der Waals surface area contributed by atoms with Crippen LogP contribution in [0.3, 0.4) is 0 Å². The van der Waals surface area contributed by atoms with Gasteiger partial charge < -0.3 is 9.47 Å². The third-order valence-corrected chi connectivity index (χ3v) is 4.25. The van der Waals surface area contributed by atoms with Crippen molar-refractivity contribution in [2.75, 3.05) is 0 Å². The van der Waals surface area contributed by atoms with Crippen LogP contribution in [-0.4, -0.2) is 24.1 Å². The zero-order chi connectivity index (χ0) is 18.9. The Kier molecular flexibility index (Phi) is 7.39. The molecule has 26 heavy (non-hydrogen) atoms. The first-order chi connectivity index (χ1) is 12.5. The van der Waals surface area contributed by atoms with E-state index in [1.54, 1.807) is 48.5 Å². The third kappa shape index (κ3) is 5.73. The van der Waals surface area contributed by atoms with Crippen molar-refractivity contribution in [1.29, 1.82) is 0 Å². The zero-order valence-electron chi connectivity index (χ0n) is 15.6. The topological polar surface area (TPSA) is 52.6 Å². The fourth-order valence-corrected chi connectivity index (χ4v) is 2.59. The molecule has 2 aromatic carbocycles. The average Bonchev–Trinajstić information content (AvgIpc) is 2.67. The van der Waals surface area contributed by atoms with E-state index in [4.69, 9.17) is 9.47 Å². The van der Waals surface area contributed by atoms with Gasteiger partial charge in [0.25, 0.3) is 0 Å². The quantitative estimate of drug-likeness (QED) is 0.633. The number of rotatable bonds is 8. The van der Waals surface area contributed by atoms with Crippen LogP contribution in [0.25, 0.3) is 0 Å². The SMILES string of the molecule is CCC(CC(OC(=O)c1ccccc1)C(C)C)OC(=O)c1ccccc1. The lowest BCUT2D eigenvalue weighted by molar-refractivity contribution is -0.0123. The molecule has 2 aromatic rings. The first-order valence-electron chi connectivity index (χ1n) is 9.03. The molecule has 2 rings (SSSR count). The van der Waals surface area contributed by atoms with Crippen molar-refractivity contribution < 1.29 is 19.1 Å². The van der Waals surface area contributed by atoms with Crippen LogP contribution >= 0.6 is 0 Å². The summed E-state index contributed by atoms with van der Waals surface area (Å²) in [4.78, 5) is 24.6. The molecule has 0 saturated carbocycles. The highest BCUT2D eigenvalue weighted by Gasteiger charge is 2.25. The molecule has 138 valence electrons. The molecule has 0 aromatic heterocycles. The number of carbonyl (C=O) groups excluding carboxylic acids is 2. The predicted molar refractivity (Wildman–Crippen MR) is 101 cm³/mol. The molecule has 0 amide bonds. The fourth-order valence-electron chi connectivity index (χ4n) is 2.59. The van der Waals surface area contributed by atoms with Gasteiger partial charge in [0, 0.05) is 6.42 Å². The van der Waals surface area contributed by atoms with Gasteiger partial charge in [0.05, 0.1) is 11.1 Å². The Morgan fingerprint density at radius 1 is 0.808 bits per heavy atom. The molecular weight excluding hydrogens is 328 g/mol. The lowest BCUT2D eigenvalue weighted by atomic mass is 9.99. The summed E-state index contributed by atoms with van der Waals surface area (Å²) in [5.74, 6) is -0.588. The maximum atomic E-state index is 12.3. The van der Waals surface area contributed by atoms with Crippen LogP contribution in [0, 0.1) is 5.92 Å². The summed E-state index contributed by atoms with van der Waals surface area (Å²) in [7, 11) is 0. The Balaban J connectivity index is 2.00. The van der Waals surface area contributed by atoms with E-state index in [2.05, 4.69) is 0 Å². The number of hydrogen-bond donors (Lipinski definition) is 0. The second kappa shape index (κ2) is 9.76. The van der Waals surface area contributed by atoms with E-state index in [0.29, 0.717) is 24.0 Å². The highest BCUT2D eigenvalue weighted by Crippen LogP contribution is 2.20. The Labute approximate surface area is 155 Å². The molecule has 4 heteroatoms. The van der Waals surface area contributed by atoms with Gasteiger partial charge in [0.15, 0.2) is 0 Å². The third-order valence-electron chi connectivity index (χ3n) is 4.25. The van der Waals surface area contributed by atoms with E-state index < -0.39 is 0 Å². The van der Waals surface area contributed by atoms with Gasteiger partial charge in [-0.1, -0.05) is 57.2 Å². The second-order valence-electron chi connectivity index (χ2n) is 6.59. The van der Waals surface area contributed by atoms with Gasteiger partial charge in [-0.25, -0.2) is 9.59 Å². The molecule has 0 N–H and O–H groups in total. The molecule has 0 spiro atoms. The first-order valence-corrected chi connectivity index (χ1v) is 9.03. The smallest absolute Gasteiger partial charge is 0.338 e. The molecule has 0 aliphatic rings. The van der Waals surface area contributed by atoms with E-state index in [1.165, 1.54) is 0 Å². The highest BCUT2D eigenvalue weighted by molar-refractivity contribution is 5.90. The van der Waals surface area contributed by atoms with Crippen LogP contribution in [-0.2, 0) is 9.47 Å². The summed E-state index contributed by atoms with van der Waals surface area (Å²) in [5, 5.41) is 0. The van der Waals surface area contributed by atoms with E-state index in [0.717, 1.165) is 0 Å². The summed E-state index contributed by atoms with van der Waals surface area (Å²) in [6.07, 6.45) is 0.505. The van der Waals surface area contributed by atoms with Crippen molar-refractivity contribution in [1.82, 2.24) is 0 Å². The van der Waals surface area contributed by atoms with Gasteiger partial charge in [0.1, 0.15) is 12.2 Å². The molecule has 0 aliphatic heterocycles. The molecule has 0 bridgehead atoms. The minimum atomic E-state index is -0.353. The Bertz CT molecular complexity index is 695. The molecule has 0 fully saturated rings. The van der Waals surface area contributed by atoms with Crippen molar-refractivity contribution in [2.45, 2.75) is 45.8 Å². The van der Waals surface area contributed by atoms with Crippen molar-refractivity contribution in [3.8, 4) is 0 Å². The van der Waals surface area contributed by atoms with Crippen LogP contribution in [0.2, 0.25) is 0 Å². The Hall–Kier alpha value is -2.62. The average molecular weight is 354 g/mol. The molecule has 0 radical (unpaired) electrons. The number of hydrogen-bond acceptors (Lipinski definition) is 4. The van der Waals surface area contributed by atoms with Crippen LogP contribution < -0.4 is 0 Å². The summed E-state index contributed by atoms with van der Waals surface area (Å²) >= 11 is 0. The van der Waals surface area contributed by atoms with E-state index in [9.17, 15) is 9.59 Å². The number of ether oxygens (including phenoxy) is 2. The van der Waals surface area contributed by atoms with Gasteiger partial charge in [-0.3, -0.25) is 0 Å². The van der Waals surface area contributed by atoms with Gasteiger partial charge in [-0.15, -0.1) is 0 Å². The maximum Gasteiger partial charge on any atom is 0.338 e. The minimum Gasteiger partial charge on any atom is -0.459 e. The molecule has 0 heterocycles. The van der Waals surface area contributed by atoms with Gasteiger partial charge in [-0.2, -0.15) is 0 Å². The first kappa shape index (κ1) is 19.7. The van der Waals surface area contributed by atoms with Crippen LogP contribution in [0.1, 0.15) is 54.3 Å². The van der Waals surface area contributed by atoms with Gasteiger partial charge in [0.2, 0.25) is 0 Å². The normalized spacial score (nSPS) is 13.1. The maximum absolute atomic E-state index is 12.3. The fraction of sp³-hybridized carbons (Fsp3) is 0.364. The van der Waals surface area contributed by atoms with Crippen LogP contribution in [0.15, 0.2) is 60.7 Å². The number of carbonyl (C=O) groups is 2. The van der Waals surface area contributed by atoms with E-state index in [1.807, 2.05) is 32.9 Å². The van der Waals surface area contributed by atoms with Gasteiger partial charge >= 0.3 is 11.9 Å². The highest BCUT2D eigenvalue weighted by atomic mass is 16.6. The van der Waals surface area contributed by atoms with E-state index >= 15 is 0 Å². The van der Waals surface area contributed by atoms with Crippen LogP contribution in [0.4, 0.5) is 0 Å². The van der Waals surface area contributed by atoms with Crippen molar-refractivity contribution >= 4 is 11.9 Å². The van der Waals surface area contributed by atoms with Crippen molar-refractivity contribution in [3.63, 3.8) is 0 Å². The largest absolute Gasteiger partial charge is 0.459 e. The molecule has 0 saturated heterocycles. The molecule has 4 nitrogen and oxygen atoms in total. The summed E-state index contributed by atoms with van der Waals surface area (Å²) < 4.78 is 11.3.